The third kappa shape index (κ3) is 3.16. The van der Waals surface area contributed by atoms with Crippen LogP contribution in [0.4, 0.5) is 13.2 Å². The second-order valence-corrected chi connectivity index (χ2v) is 4.75. The fraction of sp³-hybridized carbons (Fsp3) is 0.500. The molecule has 0 aliphatic carbocycles. The molecule has 2 unspecified atom stereocenters. The first kappa shape index (κ1) is 13.6. The van der Waals surface area contributed by atoms with E-state index >= 15 is 0 Å². The highest BCUT2D eigenvalue weighted by atomic mass is 35.5. The lowest BCUT2D eigenvalue weighted by Gasteiger charge is -2.27. The van der Waals surface area contributed by atoms with E-state index in [0.717, 1.165) is 12.1 Å². The summed E-state index contributed by atoms with van der Waals surface area (Å²) < 4.78 is 43.3. The quantitative estimate of drug-likeness (QED) is 0.852. The number of hydrogen-bond donors (Lipinski definition) is 1. The Morgan fingerprint density at radius 2 is 2.00 bits per heavy atom. The maximum Gasteiger partial charge on any atom is 0.416 e. The predicted molar refractivity (Wildman–Crippen MR) is 60.4 cm³/mol. The Kier molecular flexibility index (Phi) is 3.84. The van der Waals surface area contributed by atoms with Gasteiger partial charge in [-0.1, -0.05) is 11.6 Å². The van der Waals surface area contributed by atoms with Gasteiger partial charge in [0.2, 0.25) is 0 Å². The number of halogens is 4. The van der Waals surface area contributed by atoms with E-state index in [2.05, 4.69) is 0 Å². The largest absolute Gasteiger partial charge is 0.416 e. The van der Waals surface area contributed by atoms with Crippen molar-refractivity contribution in [2.75, 3.05) is 6.61 Å². The highest BCUT2D eigenvalue weighted by Crippen LogP contribution is 2.36. The fourth-order valence-corrected chi connectivity index (χ4v) is 2.22. The normalized spacial score (nSPS) is 25.2. The van der Waals surface area contributed by atoms with Crippen LogP contribution in [0.2, 0.25) is 5.02 Å². The molecular formula is C12H12ClF3O2. The Morgan fingerprint density at radius 3 is 2.61 bits per heavy atom. The molecule has 100 valence electrons. The SMILES string of the molecule is OC1CCOC(c2cc(Cl)cc(C(F)(F)F)c2)C1. The molecule has 2 rings (SSSR count). The molecule has 2 nitrogen and oxygen atoms in total. The van der Waals surface area contributed by atoms with Crippen molar-refractivity contribution in [3.05, 3.63) is 34.3 Å². The molecule has 1 aromatic rings. The monoisotopic (exact) mass is 280 g/mol. The van der Waals surface area contributed by atoms with Gasteiger partial charge in [0, 0.05) is 18.1 Å². The lowest BCUT2D eigenvalue weighted by atomic mass is 9.98. The molecule has 0 radical (unpaired) electrons. The summed E-state index contributed by atoms with van der Waals surface area (Å²) in [4.78, 5) is 0. The molecule has 1 aliphatic heterocycles. The van der Waals surface area contributed by atoms with Crippen LogP contribution in [0.1, 0.15) is 30.1 Å². The highest BCUT2D eigenvalue weighted by molar-refractivity contribution is 6.30. The van der Waals surface area contributed by atoms with Gasteiger partial charge < -0.3 is 9.84 Å². The molecule has 1 fully saturated rings. The lowest BCUT2D eigenvalue weighted by molar-refractivity contribution is -0.137. The van der Waals surface area contributed by atoms with Gasteiger partial charge >= 0.3 is 6.18 Å². The zero-order chi connectivity index (χ0) is 13.3. The van der Waals surface area contributed by atoms with Crippen LogP contribution in [0.25, 0.3) is 0 Å². The Hall–Kier alpha value is -0.780. The van der Waals surface area contributed by atoms with Gasteiger partial charge in [0.05, 0.1) is 17.8 Å². The van der Waals surface area contributed by atoms with Gasteiger partial charge in [0.1, 0.15) is 0 Å². The second kappa shape index (κ2) is 5.07. The minimum Gasteiger partial charge on any atom is -0.393 e. The van der Waals surface area contributed by atoms with Gasteiger partial charge in [0.25, 0.3) is 0 Å². The average Bonchev–Trinajstić information content (AvgIpc) is 2.27. The summed E-state index contributed by atoms with van der Waals surface area (Å²) in [7, 11) is 0. The summed E-state index contributed by atoms with van der Waals surface area (Å²) in [6.07, 6.45) is -4.72. The van der Waals surface area contributed by atoms with Crippen LogP contribution in [0, 0.1) is 0 Å². The zero-order valence-electron chi connectivity index (χ0n) is 9.38. The van der Waals surface area contributed by atoms with E-state index in [0.29, 0.717) is 18.6 Å². The number of aliphatic hydroxyl groups excluding tert-OH is 1. The van der Waals surface area contributed by atoms with E-state index in [1.54, 1.807) is 0 Å². The van der Waals surface area contributed by atoms with Crippen LogP contribution >= 0.6 is 11.6 Å². The smallest absolute Gasteiger partial charge is 0.393 e. The van der Waals surface area contributed by atoms with Gasteiger partial charge in [-0.25, -0.2) is 0 Å². The van der Waals surface area contributed by atoms with Crippen molar-refractivity contribution in [3.63, 3.8) is 0 Å². The third-order valence-electron chi connectivity index (χ3n) is 2.88. The average molecular weight is 281 g/mol. The van der Waals surface area contributed by atoms with Crippen molar-refractivity contribution >= 4 is 11.6 Å². The van der Waals surface area contributed by atoms with E-state index in [9.17, 15) is 18.3 Å². The Bertz CT molecular complexity index is 434. The highest BCUT2D eigenvalue weighted by Gasteiger charge is 2.32. The molecule has 18 heavy (non-hydrogen) atoms. The van der Waals surface area contributed by atoms with Crippen molar-refractivity contribution in [1.29, 1.82) is 0 Å². The maximum absolute atomic E-state index is 12.6. The number of rotatable bonds is 1. The Labute approximate surface area is 107 Å². The van der Waals surface area contributed by atoms with E-state index < -0.39 is 23.9 Å². The topological polar surface area (TPSA) is 29.5 Å². The van der Waals surface area contributed by atoms with Crippen LogP contribution in [-0.4, -0.2) is 17.8 Å². The molecule has 1 heterocycles. The van der Waals surface area contributed by atoms with Crippen molar-refractivity contribution in [1.82, 2.24) is 0 Å². The third-order valence-corrected chi connectivity index (χ3v) is 3.09. The molecule has 0 saturated carbocycles. The summed E-state index contributed by atoms with van der Waals surface area (Å²) >= 11 is 5.69. The first-order valence-electron chi connectivity index (χ1n) is 5.53. The molecule has 2 atom stereocenters. The van der Waals surface area contributed by atoms with Gasteiger partial charge in [-0.2, -0.15) is 13.2 Å². The molecular weight excluding hydrogens is 269 g/mol. The lowest BCUT2D eigenvalue weighted by Crippen LogP contribution is -2.23. The molecule has 1 saturated heterocycles. The molecule has 0 bridgehead atoms. The van der Waals surface area contributed by atoms with Crippen LogP contribution < -0.4 is 0 Å². The van der Waals surface area contributed by atoms with Gasteiger partial charge in [0.15, 0.2) is 0 Å². The molecule has 0 spiro atoms. The van der Waals surface area contributed by atoms with Crippen molar-refractivity contribution in [3.8, 4) is 0 Å². The summed E-state index contributed by atoms with van der Waals surface area (Å²) in [5.74, 6) is 0. The maximum atomic E-state index is 12.6. The molecule has 0 aromatic heterocycles. The second-order valence-electron chi connectivity index (χ2n) is 4.31. The van der Waals surface area contributed by atoms with Gasteiger partial charge in [-0.05, 0) is 30.2 Å². The summed E-state index contributed by atoms with van der Waals surface area (Å²) in [6, 6.07) is 3.35. The van der Waals surface area contributed by atoms with E-state index in [-0.39, 0.29) is 11.4 Å². The van der Waals surface area contributed by atoms with Crippen LogP contribution in [0.3, 0.4) is 0 Å². The summed E-state index contributed by atoms with van der Waals surface area (Å²) in [5, 5.41) is 9.52. The fourth-order valence-electron chi connectivity index (χ4n) is 1.97. The minimum atomic E-state index is -4.44. The molecule has 1 aliphatic rings. The van der Waals surface area contributed by atoms with Crippen molar-refractivity contribution < 1.29 is 23.0 Å². The predicted octanol–water partition coefficient (Wildman–Crippen LogP) is 3.57. The number of ether oxygens (including phenoxy) is 1. The van der Waals surface area contributed by atoms with E-state index in [1.807, 2.05) is 0 Å². The molecule has 1 N–H and O–H groups in total. The Balaban J connectivity index is 2.30. The number of benzene rings is 1. The van der Waals surface area contributed by atoms with Crippen LogP contribution in [0.5, 0.6) is 0 Å². The van der Waals surface area contributed by atoms with Crippen molar-refractivity contribution in [2.24, 2.45) is 0 Å². The number of alkyl halides is 3. The number of hydrogen-bond acceptors (Lipinski definition) is 2. The summed E-state index contributed by atoms with van der Waals surface area (Å²) in [5.41, 5.74) is -0.442. The molecule has 6 heteroatoms. The van der Waals surface area contributed by atoms with Gasteiger partial charge in [-0.3, -0.25) is 0 Å². The first-order valence-corrected chi connectivity index (χ1v) is 5.91. The molecule has 1 aromatic carbocycles. The Morgan fingerprint density at radius 1 is 1.28 bits per heavy atom. The standard InChI is InChI=1S/C12H12ClF3O2/c13-9-4-7(3-8(5-9)12(14,15)16)11-6-10(17)1-2-18-11/h3-5,10-11,17H,1-2,6H2. The first-order chi connectivity index (χ1) is 8.36. The molecule has 0 amide bonds. The van der Waals surface area contributed by atoms with Crippen LogP contribution in [0.15, 0.2) is 18.2 Å². The van der Waals surface area contributed by atoms with Crippen LogP contribution in [-0.2, 0) is 10.9 Å². The van der Waals surface area contributed by atoms with Gasteiger partial charge in [-0.15, -0.1) is 0 Å². The van der Waals surface area contributed by atoms with E-state index in [1.165, 1.54) is 6.07 Å². The van der Waals surface area contributed by atoms with E-state index in [4.69, 9.17) is 16.3 Å². The summed E-state index contributed by atoms with van der Waals surface area (Å²) in [6.45, 7) is 0.333. The van der Waals surface area contributed by atoms with Crippen molar-refractivity contribution in [2.45, 2.75) is 31.2 Å². The number of aliphatic hydroxyl groups is 1. The minimum absolute atomic E-state index is 0.0171. The zero-order valence-corrected chi connectivity index (χ0v) is 10.1.